The van der Waals surface area contributed by atoms with Gasteiger partial charge in [0.2, 0.25) is 0 Å². The third kappa shape index (κ3) is 3.21. The lowest BCUT2D eigenvalue weighted by molar-refractivity contribution is 0.103. The van der Waals surface area contributed by atoms with E-state index in [0.29, 0.717) is 5.54 Å². The Labute approximate surface area is 107 Å². The molecule has 0 aromatic carbocycles. The van der Waals surface area contributed by atoms with E-state index in [1.807, 2.05) is 0 Å². The lowest BCUT2D eigenvalue weighted by Gasteiger charge is -2.41. The number of likely N-dealkylation sites (tertiary alicyclic amines) is 1. The first-order valence-electron chi connectivity index (χ1n) is 7.29. The summed E-state index contributed by atoms with van der Waals surface area (Å²) in [7, 11) is 4.44. The van der Waals surface area contributed by atoms with Crippen molar-refractivity contribution in [3.8, 4) is 0 Å². The highest BCUT2D eigenvalue weighted by Crippen LogP contribution is 2.26. The first-order chi connectivity index (χ1) is 8.15. The molecule has 100 valence electrons. The molecule has 0 bridgehead atoms. The third-order valence-corrected chi connectivity index (χ3v) is 4.75. The van der Waals surface area contributed by atoms with Gasteiger partial charge in [0.1, 0.15) is 0 Å². The molecule has 0 amide bonds. The second-order valence-electron chi connectivity index (χ2n) is 6.16. The molecule has 2 aliphatic heterocycles. The Morgan fingerprint density at radius 1 is 1.35 bits per heavy atom. The van der Waals surface area contributed by atoms with Crippen LogP contribution in [-0.2, 0) is 0 Å². The maximum atomic E-state index is 3.76. The number of nitrogens with one attached hydrogen (secondary N) is 1. The van der Waals surface area contributed by atoms with E-state index in [1.54, 1.807) is 0 Å². The van der Waals surface area contributed by atoms with Gasteiger partial charge in [-0.3, -0.25) is 4.90 Å². The maximum absolute atomic E-state index is 3.76. The molecule has 2 atom stereocenters. The number of nitrogens with zero attached hydrogens (tertiary/aromatic N) is 2. The Balaban J connectivity index is 1.89. The van der Waals surface area contributed by atoms with Gasteiger partial charge in [0.25, 0.3) is 0 Å². The fraction of sp³-hybridized carbons (Fsp3) is 1.00. The molecule has 0 spiro atoms. The molecule has 3 nitrogen and oxygen atoms in total. The molecule has 1 N–H and O–H groups in total. The van der Waals surface area contributed by atoms with Crippen molar-refractivity contribution in [2.24, 2.45) is 0 Å². The minimum atomic E-state index is 0.425. The second-order valence-corrected chi connectivity index (χ2v) is 6.16. The highest BCUT2D eigenvalue weighted by Gasteiger charge is 2.34. The summed E-state index contributed by atoms with van der Waals surface area (Å²) in [5.41, 5.74) is 0.425. The van der Waals surface area contributed by atoms with Crippen molar-refractivity contribution in [1.29, 1.82) is 0 Å². The predicted molar refractivity (Wildman–Crippen MR) is 73.4 cm³/mol. The van der Waals surface area contributed by atoms with Crippen LogP contribution in [0.4, 0.5) is 0 Å². The summed E-state index contributed by atoms with van der Waals surface area (Å²) < 4.78 is 0. The molecule has 3 heteroatoms. The van der Waals surface area contributed by atoms with Crippen molar-refractivity contribution in [2.45, 2.75) is 50.6 Å². The van der Waals surface area contributed by atoms with Crippen LogP contribution in [-0.4, -0.2) is 61.7 Å². The summed E-state index contributed by atoms with van der Waals surface area (Å²) in [4.78, 5) is 5.09. The number of hydrogen-bond acceptors (Lipinski definition) is 3. The molecule has 2 saturated heterocycles. The van der Waals surface area contributed by atoms with E-state index in [2.05, 4.69) is 36.1 Å². The predicted octanol–water partition coefficient (Wildman–Crippen LogP) is 1.54. The minimum Gasteiger partial charge on any atom is -0.310 e. The van der Waals surface area contributed by atoms with Crippen molar-refractivity contribution in [1.82, 2.24) is 15.1 Å². The molecule has 0 aromatic rings. The quantitative estimate of drug-likeness (QED) is 0.803. The van der Waals surface area contributed by atoms with Gasteiger partial charge in [-0.1, -0.05) is 6.92 Å². The summed E-state index contributed by atoms with van der Waals surface area (Å²) >= 11 is 0. The number of piperidine rings is 1. The zero-order valence-corrected chi connectivity index (χ0v) is 11.8. The average Bonchev–Trinajstić information content (AvgIpc) is 2.78. The summed E-state index contributed by atoms with van der Waals surface area (Å²) in [6, 6.07) is 0.763. The Bertz CT molecular complexity index is 234. The van der Waals surface area contributed by atoms with Crippen molar-refractivity contribution < 1.29 is 0 Å². The maximum Gasteiger partial charge on any atom is 0.0306 e. The highest BCUT2D eigenvalue weighted by atomic mass is 15.2. The van der Waals surface area contributed by atoms with Gasteiger partial charge in [-0.2, -0.15) is 0 Å². The highest BCUT2D eigenvalue weighted by molar-refractivity contribution is 4.95. The Morgan fingerprint density at radius 2 is 2.18 bits per heavy atom. The molecular formula is C14H29N3. The van der Waals surface area contributed by atoms with Gasteiger partial charge < -0.3 is 10.2 Å². The monoisotopic (exact) mass is 239 g/mol. The molecule has 0 saturated carbocycles. The van der Waals surface area contributed by atoms with Crippen LogP contribution in [0.25, 0.3) is 0 Å². The van der Waals surface area contributed by atoms with E-state index >= 15 is 0 Å². The fourth-order valence-electron chi connectivity index (χ4n) is 3.44. The van der Waals surface area contributed by atoms with Gasteiger partial charge >= 0.3 is 0 Å². The zero-order valence-electron chi connectivity index (χ0n) is 11.8. The molecule has 2 unspecified atom stereocenters. The average molecular weight is 239 g/mol. The van der Waals surface area contributed by atoms with Crippen LogP contribution in [0.1, 0.15) is 39.0 Å². The van der Waals surface area contributed by atoms with Crippen LogP contribution in [0.15, 0.2) is 0 Å². The van der Waals surface area contributed by atoms with Gasteiger partial charge in [0, 0.05) is 24.7 Å². The van der Waals surface area contributed by atoms with Gasteiger partial charge in [-0.05, 0) is 59.3 Å². The molecule has 0 radical (unpaired) electrons. The lowest BCUT2D eigenvalue weighted by atomic mass is 9.92. The van der Waals surface area contributed by atoms with E-state index in [9.17, 15) is 0 Å². The zero-order chi connectivity index (χ0) is 12.3. The smallest absolute Gasteiger partial charge is 0.0306 e. The summed E-state index contributed by atoms with van der Waals surface area (Å²) in [6.07, 6.45) is 6.74. The largest absolute Gasteiger partial charge is 0.310 e. The van der Waals surface area contributed by atoms with Crippen molar-refractivity contribution in [2.75, 3.05) is 40.3 Å². The Morgan fingerprint density at radius 3 is 2.76 bits per heavy atom. The molecule has 17 heavy (non-hydrogen) atoms. The second kappa shape index (κ2) is 5.68. The van der Waals surface area contributed by atoms with Crippen LogP contribution in [0.2, 0.25) is 0 Å². The van der Waals surface area contributed by atoms with Crippen LogP contribution >= 0.6 is 0 Å². The van der Waals surface area contributed by atoms with Gasteiger partial charge in [0.15, 0.2) is 0 Å². The van der Waals surface area contributed by atoms with Crippen LogP contribution in [0, 0.1) is 0 Å². The van der Waals surface area contributed by atoms with E-state index in [4.69, 9.17) is 0 Å². The first kappa shape index (κ1) is 13.3. The summed E-state index contributed by atoms with van der Waals surface area (Å²) in [6.45, 7) is 7.38. The molecule has 2 aliphatic rings. The molecule has 0 aromatic heterocycles. The fourth-order valence-corrected chi connectivity index (χ4v) is 3.44. The van der Waals surface area contributed by atoms with E-state index in [0.717, 1.165) is 6.04 Å². The van der Waals surface area contributed by atoms with Gasteiger partial charge in [-0.15, -0.1) is 0 Å². The normalized spacial score (nSPS) is 35.6. The summed E-state index contributed by atoms with van der Waals surface area (Å²) in [5.74, 6) is 0. The van der Waals surface area contributed by atoms with E-state index < -0.39 is 0 Å². The number of likely N-dealkylation sites (N-methyl/N-ethyl adjacent to an activating group) is 1. The SMILES string of the molecule is CCC1(CN2CCCC(N(C)C)C2)CCCN1. The Hall–Kier alpha value is -0.120. The topological polar surface area (TPSA) is 18.5 Å². The molecule has 2 rings (SSSR count). The van der Waals surface area contributed by atoms with Crippen LogP contribution in [0.5, 0.6) is 0 Å². The molecular weight excluding hydrogens is 210 g/mol. The number of rotatable bonds is 4. The molecule has 2 heterocycles. The van der Waals surface area contributed by atoms with E-state index in [1.165, 1.54) is 58.3 Å². The van der Waals surface area contributed by atoms with Crippen molar-refractivity contribution in [3.63, 3.8) is 0 Å². The van der Waals surface area contributed by atoms with Crippen molar-refractivity contribution >= 4 is 0 Å². The lowest BCUT2D eigenvalue weighted by Crippen LogP contribution is -2.54. The van der Waals surface area contributed by atoms with E-state index in [-0.39, 0.29) is 0 Å². The van der Waals surface area contributed by atoms with Gasteiger partial charge in [-0.25, -0.2) is 0 Å². The minimum absolute atomic E-state index is 0.425. The molecule has 0 aliphatic carbocycles. The van der Waals surface area contributed by atoms with Crippen molar-refractivity contribution in [3.05, 3.63) is 0 Å². The van der Waals surface area contributed by atoms with Crippen LogP contribution < -0.4 is 5.32 Å². The van der Waals surface area contributed by atoms with Crippen LogP contribution in [0.3, 0.4) is 0 Å². The number of hydrogen-bond donors (Lipinski definition) is 1. The first-order valence-corrected chi connectivity index (χ1v) is 7.29. The summed E-state index contributed by atoms with van der Waals surface area (Å²) in [5, 5.41) is 3.76. The third-order valence-electron chi connectivity index (χ3n) is 4.75. The van der Waals surface area contributed by atoms with Gasteiger partial charge in [0.05, 0.1) is 0 Å². The Kier molecular flexibility index (Phi) is 4.45. The standard InChI is InChI=1S/C14H29N3/c1-4-14(8-6-9-15-14)12-17-10-5-7-13(11-17)16(2)3/h13,15H,4-12H2,1-3H3. The molecule has 2 fully saturated rings.